The molecule has 2 amide bonds. The number of aromatic nitrogens is 2. The quantitative estimate of drug-likeness (QED) is 0.824. The summed E-state index contributed by atoms with van der Waals surface area (Å²) in [5, 5.41) is 10.1. The van der Waals surface area contributed by atoms with Crippen molar-refractivity contribution in [2.24, 2.45) is 0 Å². The van der Waals surface area contributed by atoms with Gasteiger partial charge in [-0.2, -0.15) is 0 Å². The van der Waals surface area contributed by atoms with Gasteiger partial charge in [0.2, 0.25) is 5.76 Å². The summed E-state index contributed by atoms with van der Waals surface area (Å²) in [7, 11) is 0. The smallest absolute Gasteiger partial charge is 0.311 e. The first-order valence-corrected chi connectivity index (χ1v) is 6.57. The molecule has 0 aromatic carbocycles. The third-order valence-electron chi connectivity index (χ3n) is 3.40. The van der Waals surface area contributed by atoms with Crippen LogP contribution in [-0.2, 0) is 0 Å². The van der Waals surface area contributed by atoms with Gasteiger partial charge >= 0.3 is 5.91 Å². The van der Waals surface area contributed by atoms with E-state index >= 15 is 0 Å². The molecule has 110 valence electrons. The normalized spacial score (nSPS) is 14.8. The highest BCUT2D eigenvalue weighted by Gasteiger charge is 2.35. The largest absolute Gasteiger partial charge is 0.361 e. The number of aryl methyl sites for hydroxylation is 2. The first kappa shape index (κ1) is 13.3. The van der Waals surface area contributed by atoms with Gasteiger partial charge in [0.1, 0.15) is 11.3 Å². The van der Waals surface area contributed by atoms with Gasteiger partial charge in [0, 0.05) is 19.2 Å². The molecule has 2 aromatic heterocycles. The first-order valence-electron chi connectivity index (χ1n) is 6.57. The fraction of sp³-hybridized carbons (Fsp3) is 0.385. The predicted molar refractivity (Wildman–Crippen MR) is 69.2 cm³/mol. The van der Waals surface area contributed by atoms with Crippen LogP contribution < -0.4 is 0 Å². The van der Waals surface area contributed by atoms with Gasteiger partial charge in [-0.3, -0.25) is 9.59 Å². The van der Waals surface area contributed by atoms with E-state index in [2.05, 4.69) is 10.3 Å². The number of nitrogens with zero attached hydrogens (tertiary/aromatic N) is 4. The monoisotopic (exact) mass is 290 g/mol. The molecule has 2 aromatic rings. The number of hydrogen-bond acceptors (Lipinski definition) is 6. The molecule has 0 spiro atoms. The van der Waals surface area contributed by atoms with Crippen molar-refractivity contribution < 1.29 is 18.6 Å². The highest BCUT2D eigenvalue weighted by atomic mass is 16.5. The van der Waals surface area contributed by atoms with E-state index in [0.717, 1.165) is 0 Å². The van der Waals surface area contributed by atoms with Gasteiger partial charge in [-0.1, -0.05) is 10.3 Å². The molecule has 0 radical (unpaired) electrons. The van der Waals surface area contributed by atoms with Crippen LogP contribution in [0.25, 0.3) is 0 Å². The lowest BCUT2D eigenvalue weighted by Gasteiger charge is -2.26. The molecule has 1 saturated heterocycles. The number of hydrogen-bond donors (Lipinski definition) is 0. The van der Waals surface area contributed by atoms with Gasteiger partial charge in [-0.15, -0.1) is 0 Å². The van der Waals surface area contributed by atoms with E-state index in [1.165, 1.54) is 22.3 Å². The van der Waals surface area contributed by atoms with Crippen molar-refractivity contribution in [2.45, 2.75) is 20.3 Å². The zero-order chi connectivity index (χ0) is 15.0. The Morgan fingerprint density at radius 3 is 2.43 bits per heavy atom. The third kappa shape index (κ3) is 2.18. The zero-order valence-electron chi connectivity index (χ0n) is 11.7. The Morgan fingerprint density at radius 2 is 1.86 bits per heavy atom. The second kappa shape index (κ2) is 5.04. The summed E-state index contributed by atoms with van der Waals surface area (Å²) < 4.78 is 9.88. The number of amides is 2. The van der Waals surface area contributed by atoms with Crippen LogP contribution in [0.5, 0.6) is 0 Å². The number of rotatable bonds is 2. The van der Waals surface area contributed by atoms with Gasteiger partial charge < -0.3 is 9.05 Å². The van der Waals surface area contributed by atoms with Gasteiger partial charge in [-0.05, 0) is 20.3 Å². The average Bonchev–Trinajstić information content (AvgIpc) is 3.18. The van der Waals surface area contributed by atoms with Crippen molar-refractivity contribution in [3.8, 4) is 0 Å². The second-order valence-electron chi connectivity index (χ2n) is 4.79. The van der Waals surface area contributed by atoms with E-state index in [-0.39, 0.29) is 17.6 Å². The highest BCUT2D eigenvalue weighted by Crippen LogP contribution is 2.21. The van der Waals surface area contributed by atoms with Crippen molar-refractivity contribution >= 4 is 11.8 Å². The summed E-state index contributed by atoms with van der Waals surface area (Å²) in [6.07, 6.45) is 2.10. The Kier molecular flexibility index (Phi) is 3.20. The van der Waals surface area contributed by atoms with Crippen LogP contribution >= 0.6 is 0 Å². The first-order chi connectivity index (χ1) is 10.1. The predicted octanol–water partition coefficient (Wildman–Crippen LogP) is 1.18. The van der Waals surface area contributed by atoms with Crippen molar-refractivity contribution in [2.75, 3.05) is 13.1 Å². The molecule has 1 aliphatic heterocycles. The zero-order valence-corrected chi connectivity index (χ0v) is 11.7. The molecule has 21 heavy (non-hydrogen) atoms. The van der Waals surface area contributed by atoms with Crippen molar-refractivity contribution in [1.29, 1.82) is 0 Å². The minimum absolute atomic E-state index is 0.105. The average molecular weight is 290 g/mol. The summed E-state index contributed by atoms with van der Waals surface area (Å²) in [6, 6.07) is 1.47. The lowest BCUT2D eigenvalue weighted by molar-refractivity contribution is 0.0160. The Morgan fingerprint density at radius 1 is 1.14 bits per heavy atom. The van der Waals surface area contributed by atoms with Crippen LogP contribution in [0.4, 0.5) is 0 Å². The Balaban J connectivity index is 1.88. The summed E-state index contributed by atoms with van der Waals surface area (Å²) >= 11 is 0. The molecule has 0 unspecified atom stereocenters. The third-order valence-corrected chi connectivity index (χ3v) is 3.40. The van der Waals surface area contributed by atoms with Crippen molar-refractivity contribution in [3.05, 3.63) is 35.0 Å². The maximum atomic E-state index is 12.6. The Labute approximate surface area is 120 Å². The standard InChI is InChI=1S/C13H14N4O4/c1-8-11(9(2)20-15-8)13(19)17-7-3-6-16(17)12(18)10-4-5-14-21-10/h4-5H,3,6-7H2,1-2H3. The molecular weight excluding hydrogens is 276 g/mol. The number of carbonyl (C=O) groups excluding carboxylic acids is 2. The summed E-state index contributed by atoms with van der Waals surface area (Å²) in [4.78, 5) is 24.9. The molecule has 0 N–H and O–H groups in total. The summed E-state index contributed by atoms with van der Waals surface area (Å²) in [6.45, 7) is 4.28. The maximum absolute atomic E-state index is 12.6. The molecule has 3 heterocycles. The van der Waals surface area contributed by atoms with E-state index in [0.29, 0.717) is 36.5 Å². The Bertz CT molecular complexity index is 657. The fourth-order valence-corrected chi connectivity index (χ4v) is 2.40. The van der Waals surface area contributed by atoms with Crippen molar-refractivity contribution in [1.82, 2.24) is 20.3 Å². The van der Waals surface area contributed by atoms with Gasteiger partial charge in [0.05, 0.1) is 11.9 Å². The van der Waals surface area contributed by atoms with Crippen LogP contribution in [0.2, 0.25) is 0 Å². The molecule has 0 atom stereocenters. The lowest BCUT2D eigenvalue weighted by Crippen LogP contribution is -2.45. The SMILES string of the molecule is Cc1noc(C)c1C(=O)N1CCCN1C(=O)c1ccno1. The molecular formula is C13H14N4O4. The molecule has 0 bridgehead atoms. The molecule has 0 aliphatic carbocycles. The van der Waals surface area contributed by atoms with Gasteiger partial charge in [0.15, 0.2) is 0 Å². The van der Waals surface area contributed by atoms with E-state index < -0.39 is 0 Å². The van der Waals surface area contributed by atoms with Crippen LogP contribution in [0.3, 0.4) is 0 Å². The fourth-order valence-electron chi connectivity index (χ4n) is 2.40. The van der Waals surface area contributed by atoms with Crippen LogP contribution in [0, 0.1) is 13.8 Å². The van der Waals surface area contributed by atoms with E-state index in [4.69, 9.17) is 9.05 Å². The van der Waals surface area contributed by atoms with Crippen LogP contribution in [-0.4, -0.2) is 45.2 Å². The van der Waals surface area contributed by atoms with E-state index in [1.54, 1.807) is 13.8 Å². The highest BCUT2D eigenvalue weighted by molar-refractivity contribution is 5.99. The lowest BCUT2D eigenvalue weighted by atomic mass is 10.2. The second-order valence-corrected chi connectivity index (χ2v) is 4.79. The molecule has 8 nitrogen and oxygen atoms in total. The summed E-state index contributed by atoms with van der Waals surface area (Å²) in [5.74, 6) is -0.133. The van der Waals surface area contributed by atoms with Crippen LogP contribution in [0.15, 0.2) is 21.3 Å². The Hall–Kier alpha value is -2.64. The van der Waals surface area contributed by atoms with Gasteiger partial charge in [0.25, 0.3) is 5.91 Å². The molecule has 0 saturated carbocycles. The molecule has 1 aliphatic rings. The maximum Gasteiger partial charge on any atom is 0.311 e. The van der Waals surface area contributed by atoms with Gasteiger partial charge in [-0.25, -0.2) is 10.0 Å². The van der Waals surface area contributed by atoms with E-state index in [9.17, 15) is 9.59 Å². The van der Waals surface area contributed by atoms with Crippen molar-refractivity contribution in [3.63, 3.8) is 0 Å². The topological polar surface area (TPSA) is 92.7 Å². The molecule has 3 rings (SSSR count). The number of carbonyl (C=O) groups is 2. The van der Waals surface area contributed by atoms with Crippen LogP contribution in [0.1, 0.15) is 38.8 Å². The minimum Gasteiger partial charge on any atom is -0.361 e. The van der Waals surface area contributed by atoms with E-state index in [1.807, 2.05) is 0 Å². The molecule has 1 fully saturated rings. The summed E-state index contributed by atoms with van der Waals surface area (Å²) in [5.41, 5.74) is 0.906. The number of hydrazine groups is 1. The minimum atomic E-state index is -0.384. The molecule has 8 heteroatoms.